The minimum atomic E-state index is -0.398. The van der Waals surface area contributed by atoms with Gasteiger partial charge in [-0.15, -0.1) is 0 Å². The van der Waals surface area contributed by atoms with Crippen LogP contribution in [0.4, 0.5) is 0 Å². The quantitative estimate of drug-likeness (QED) is 0.392. The van der Waals surface area contributed by atoms with Gasteiger partial charge in [-0.1, -0.05) is 58.6 Å². The molecule has 0 fully saturated rings. The van der Waals surface area contributed by atoms with Crippen LogP contribution in [0, 0.1) is 11.8 Å². The lowest BCUT2D eigenvalue weighted by Gasteiger charge is -2.18. The van der Waals surface area contributed by atoms with E-state index in [-0.39, 0.29) is 29.1 Å². The number of aromatic amines is 1. The molecule has 0 aliphatic carbocycles. The Kier molecular flexibility index (Phi) is 7.15. The molecule has 1 N–H and O–H groups in total. The van der Waals surface area contributed by atoms with Crippen molar-refractivity contribution in [3.8, 4) is 29.3 Å². The number of hydrogen-bond acceptors (Lipinski definition) is 6. The molecule has 0 bridgehead atoms. The SMILES string of the molecule is CCCn1c(=O)c2[nH]c(-c3cc(OCC#Cc4cccc(C(C)(C)C)c4)no3)nc2n(CCC)c1=O. The molecule has 0 aliphatic heterocycles. The Morgan fingerprint density at radius 1 is 1.08 bits per heavy atom. The first-order valence-corrected chi connectivity index (χ1v) is 12.2. The van der Waals surface area contributed by atoms with Crippen LogP contribution in [-0.2, 0) is 18.5 Å². The Bertz CT molecular complexity index is 1550. The summed E-state index contributed by atoms with van der Waals surface area (Å²) in [6.45, 7) is 11.3. The van der Waals surface area contributed by atoms with Gasteiger partial charge in [-0.3, -0.25) is 13.9 Å². The Labute approximate surface area is 209 Å². The van der Waals surface area contributed by atoms with E-state index >= 15 is 0 Å². The van der Waals surface area contributed by atoms with Crippen LogP contribution in [0.3, 0.4) is 0 Å². The zero-order chi connectivity index (χ0) is 25.9. The molecule has 0 saturated heterocycles. The summed E-state index contributed by atoms with van der Waals surface area (Å²) in [7, 11) is 0. The zero-order valence-corrected chi connectivity index (χ0v) is 21.3. The number of ether oxygens (including phenoxy) is 1. The van der Waals surface area contributed by atoms with Gasteiger partial charge in [0.25, 0.3) is 11.4 Å². The summed E-state index contributed by atoms with van der Waals surface area (Å²) in [6, 6.07) is 9.71. The number of benzene rings is 1. The van der Waals surface area contributed by atoms with E-state index < -0.39 is 5.56 Å². The highest BCUT2D eigenvalue weighted by Crippen LogP contribution is 2.23. The first kappa shape index (κ1) is 25.0. The molecule has 0 unspecified atom stereocenters. The molecule has 0 amide bonds. The predicted molar refractivity (Wildman–Crippen MR) is 138 cm³/mol. The first-order valence-electron chi connectivity index (χ1n) is 12.2. The molecule has 3 aromatic heterocycles. The second-order valence-electron chi connectivity index (χ2n) is 9.63. The molecule has 36 heavy (non-hydrogen) atoms. The molecular weight excluding hydrogens is 458 g/mol. The Balaban J connectivity index is 1.55. The van der Waals surface area contributed by atoms with Crippen molar-refractivity contribution in [2.24, 2.45) is 0 Å². The lowest BCUT2D eigenvalue weighted by molar-refractivity contribution is 0.316. The van der Waals surface area contributed by atoms with Crippen molar-refractivity contribution in [2.45, 2.75) is 66.0 Å². The maximum Gasteiger partial charge on any atom is 0.332 e. The highest BCUT2D eigenvalue weighted by molar-refractivity contribution is 5.74. The van der Waals surface area contributed by atoms with E-state index in [4.69, 9.17) is 9.26 Å². The van der Waals surface area contributed by atoms with Gasteiger partial charge in [0.05, 0.1) is 6.07 Å². The molecule has 0 radical (unpaired) electrons. The summed E-state index contributed by atoms with van der Waals surface area (Å²) in [5, 5.41) is 3.92. The maximum absolute atomic E-state index is 12.9. The summed E-state index contributed by atoms with van der Waals surface area (Å²) < 4.78 is 13.8. The van der Waals surface area contributed by atoms with Crippen LogP contribution in [-0.4, -0.2) is 30.9 Å². The fourth-order valence-electron chi connectivity index (χ4n) is 3.88. The zero-order valence-electron chi connectivity index (χ0n) is 21.3. The van der Waals surface area contributed by atoms with Gasteiger partial charge in [-0.2, -0.15) is 0 Å². The van der Waals surface area contributed by atoms with Crippen LogP contribution >= 0.6 is 0 Å². The number of nitrogens with one attached hydrogen (secondary N) is 1. The smallest absolute Gasteiger partial charge is 0.332 e. The summed E-state index contributed by atoms with van der Waals surface area (Å²) in [6.07, 6.45) is 1.39. The number of rotatable bonds is 7. The number of aryl methyl sites for hydroxylation is 1. The number of aromatic nitrogens is 5. The van der Waals surface area contributed by atoms with E-state index in [1.54, 1.807) is 6.07 Å². The number of H-pyrrole nitrogens is 1. The van der Waals surface area contributed by atoms with E-state index in [9.17, 15) is 9.59 Å². The van der Waals surface area contributed by atoms with E-state index in [0.29, 0.717) is 36.7 Å². The fourth-order valence-corrected chi connectivity index (χ4v) is 3.88. The fraction of sp³-hybridized carbons (Fsp3) is 0.407. The first-order chi connectivity index (χ1) is 17.2. The van der Waals surface area contributed by atoms with E-state index in [0.717, 1.165) is 12.0 Å². The Morgan fingerprint density at radius 3 is 2.56 bits per heavy atom. The lowest BCUT2D eigenvalue weighted by atomic mass is 9.86. The van der Waals surface area contributed by atoms with Crippen LogP contribution < -0.4 is 16.0 Å². The van der Waals surface area contributed by atoms with Crippen LogP contribution in [0.15, 0.2) is 44.4 Å². The maximum atomic E-state index is 12.9. The molecule has 0 atom stereocenters. The van der Waals surface area contributed by atoms with Crippen molar-refractivity contribution < 1.29 is 9.26 Å². The molecule has 188 valence electrons. The van der Waals surface area contributed by atoms with Crippen molar-refractivity contribution in [3.05, 3.63) is 62.3 Å². The third-order valence-corrected chi connectivity index (χ3v) is 5.73. The molecule has 0 aliphatic rings. The van der Waals surface area contributed by atoms with Crippen molar-refractivity contribution in [2.75, 3.05) is 6.61 Å². The van der Waals surface area contributed by atoms with Crippen molar-refractivity contribution in [3.63, 3.8) is 0 Å². The van der Waals surface area contributed by atoms with Gasteiger partial charge in [0, 0.05) is 18.7 Å². The molecular formula is C27H31N5O4. The van der Waals surface area contributed by atoms with Gasteiger partial charge in [0.1, 0.15) is 0 Å². The summed E-state index contributed by atoms with van der Waals surface area (Å²) in [5.41, 5.74) is 1.99. The van der Waals surface area contributed by atoms with Gasteiger partial charge in [-0.25, -0.2) is 9.78 Å². The van der Waals surface area contributed by atoms with Crippen LogP contribution in [0.1, 0.15) is 58.6 Å². The highest BCUT2D eigenvalue weighted by atomic mass is 16.5. The Morgan fingerprint density at radius 2 is 1.83 bits per heavy atom. The van der Waals surface area contributed by atoms with Gasteiger partial charge < -0.3 is 14.2 Å². The van der Waals surface area contributed by atoms with E-state index in [1.807, 2.05) is 26.0 Å². The van der Waals surface area contributed by atoms with Gasteiger partial charge in [-0.05, 0) is 41.1 Å². The topological polar surface area (TPSA) is 108 Å². The van der Waals surface area contributed by atoms with Gasteiger partial charge in [0.2, 0.25) is 5.76 Å². The third kappa shape index (κ3) is 5.13. The Hall–Kier alpha value is -4.06. The number of hydrogen-bond donors (Lipinski definition) is 1. The van der Waals surface area contributed by atoms with Crippen LogP contribution in [0.25, 0.3) is 22.7 Å². The monoisotopic (exact) mass is 489 g/mol. The van der Waals surface area contributed by atoms with Crippen molar-refractivity contribution >= 4 is 11.2 Å². The van der Waals surface area contributed by atoms with E-state index in [1.165, 1.54) is 14.7 Å². The highest BCUT2D eigenvalue weighted by Gasteiger charge is 2.19. The largest absolute Gasteiger partial charge is 0.462 e. The normalized spacial score (nSPS) is 11.5. The van der Waals surface area contributed by atoms with Crippen LogP contribution in [0.5, 0.6) is 5.88 Å². The average Bonchev–Trinajstić information content (AvgIpc) is 3.50. The molecule has 9 nitrogen and oxygen atoms in total. The third-order valence-electron chi connectivity index (χ3n) is 5.73. The van der Waals surface area contributed by atoms with Gasteiger partial charge in [0.15, 0.2) is 23.6 Å². The van der Waals surface area contributed by atoms with Crippen LogP contribution in [0.2, 0.25) is 0 Å². The number of imidazole rings is 1. The minimum absolute atomic E-state index is 0.0517. The molecule has 0 spiro atoms. The molecule has 1 aromatic carbocycles. The molecule has 4 aromatic rings. The predicted octanol–water partition coefficient (Wildman–Crippen LogP) is 4.09. The summed E-state index contributed by atoms with van der Waals surface area (Å²) in [4.78, 5) is 33.2. The average molecular weight is 490 g/mol. The standard InChI is InChI=1S/C27H31N5O4/c1-6-13-31-24-22(25(33)32(14-7-2)26(31)34)28-23(29-24)20-17-21(30-36-20)35-15-9-11-18-10-8-12-19(16-18)27(3,4)5/h8,10,12,16-17H,6-7,13-15H2,1-5H3,(H,28,29). The van der Waals surface area contributed by atoms with Gasteiger partial charge >= 0.3 is 5.69 Å². The summed E-state index contributed by atoms with van der Waals surface area (Å²) in [5.74, 6) is 6.94. The second-order valence-corrected chi connectivity index (χ2v) is 9.63. The number of nitrogens with zero attached hydrogens (tertiary/aromatic N) is 4. The lowest BCUT2D eigenvalue weighted by Crippen LogP contribution is -2.40. The molecule has 9 heteroatoms. The summed E-state index contributed by atoms with van der Waals surface area (Å²) >= 11 is 0. The second kappa shape index (κ2) is 10.3. The minimum Gasteiger partial charge on any atom is -0.462 e. The van der Waals surface area contributed by atoms with E-state index in [2.05, 4.69) is 59.9 Å². The number of fused-ring (bicyclic) bond motifs is 1. The van der Waals surface area contributed by atoms with Crippen molar-refractivity contribution in [1.82, 2.24) is 24.3 Å². The van der Waals surface area contributed by atoms with Crippen molar-refractivity contribution in [1.29, 1.82) is 0 Å². The molecule has 4 rings (SSSR count). The molecule has 0 saturated carbocycles. The molecule has 3 heterocycles.